The van der Waals surface area contributed by atoms with Gasteiger partial charge < -0.3 is 8.83 Å². The van der Waals surface area contributed by atoms with Crippen LogP contribution in [-0.4, -0.2) is 19.9 Å². The van der Waals surface area contributed by atoms with Gasteiger partial charge in [0.25, 0.3) is 0 Å². The molecule has 0 aliphatic heterocycles. The van der Waals surface area contributed by atoms with Crippen molar-refractivity contribution in [2.24, 2.45) is 0 Å². The van der Waals surface area contributed by atoms with E-state index in [1.54, 1.807) is 0 Å². The van der Waals surface area contributed by atoms with Gasteiger partial charge in [0.05, 0.1) is 11.2 Å². The lowest BCUT2D eigenvalue weighted by Gasteiger charge is -2.16. The third kappa shape index (κ3) is 5.42. The van der Waals surface area contributed by atoms with E-state index in [2.05, 4.69) is 159 Å². The molecule has 0 N–H and O–H groups in total. The molecule has 0 radical (unpaired) electrons. The summed E-state index contributed by atoms with van der Waals surface area (Å²) in [4.78, 5) is 20.6. The summed E-state index contributed by atoms with van der Waals surface area (Å²) >= 11 is 0. The van der Waals surface area contributed by atoms with Crippen molar-refractivity contribution >= 4 is 65.6 Å². The molecule has 0 saturated carbocycles. The molecule has 4 aromatic heterocycles. The molecule has 6 nitrogen and oxygen atoms in total. The summed E-state index contributed by atoms with van der Waals surface area (Å²) in [5.41, 5.74) is 13.1. The van der Waals surface area contributed by atoms with E-state index >= 15 is 0 Å². The third-order valence-corrected chi connectivity index (χ3v) is 11.7. The Labute approximate surface area is 344 Å². The van der Waals surface area contributed by atoms with Crippen LogP contribution in [0.1, 0.15) is 11.1 Å². The quantitative estimate of drug-likeness (QED) is 0.162. The van der Waals surface area contributed by atoms with Gasteiger partial charge in [0.1, 0.15) is 22.3 Å². The number of para-hydroxylation sites is 4. The zero-order valence-electron chi connectivity index (χ0n) is 32.8. The number of aryl methyl sites for hydroxylation is 2. The van der Waals surface area contributed by atoms with Crippen LogP contribution >= 0.6 is 0 Å². The lowest BCUT2D eigenvalue weighted by molar-refractivity contribution is 0.669. The number of benzene rings is 8. The number of fused-ring (bicyclic) bond motifs is 9. The van der Waals surface area contributed by atoms with Gasteiger partial charge >= 0.3 is 0 Å². The van der Waals surface area contributed by atoms with Gasteiger partial charge in [-0.1, -0.05) is 151 Å². The maximum atomic E-state index is 6.75. The summed E-state index contributed by atoms with van der Waals surface area (Å²) in [5, 5.41) is 7.34. The fraction of sp³-hybridized carbons (Fsp3) is 0.0370. The maximum Gasteiger partial charge on any atom is 0.164 e. The molecule has 4 heterocycles. The van der Waals surface area contributed by atoms with Crippen LogP contribution in [0.15, 0.2) is 179 Å². The molecule has 282 valence electrons. The molecule has 6 heteroatoms. The van der Waals surface area contributed by atoms with E-state index in [1.807, 2.05) is 24.3 Å². The Kier molecular flexibility index (Phi) is 7.56. The Morgan fingerprint density at radius 1 is 0.367 bits per heavy atom. The Bertz CT molecular complexity index is 3610. The number of pyridine rings is 1. The molecule has 0 spiro atoms. The van der Waals surface area contributed by atoms with Crippen molar-refractivity contribution in [1.82, 2.24) is 19.9 Å². The Balaban J connectivity index is 1.15. The second kappa shape index (κ2) is 13.3. The average molecular weight is 771 g/mol. The molecule has 0 bridgehead atoms. The van der Waals surface area contributed by atoms with Crippen LogP contribution in [0.25, 0.3) is 122 Å². The standard InChI is InChI=1S/C54H34N4O2/c1-31-21-25-33(26-22-31)52-56-53(34-27-23-32(2)24-28-34)58-54(57-52)36-12-9-11-35(29-36)50-42-30-46-48(40-15-5-8-20-45(40)59-46)49(47(42)39-14-3-6-18-43(39)55-50)41-17-10-16-38-37-13-4-7-19-44(37)60-51(38)41/h3-30H,1-2H3. The smallest absolute Gasteiger partial charge is 0.164 e. The number of aromatic nitrogens is 4. The van der Waals surface area contributed by atoms with Crippen LogP contribution in [0.2, 0.25) is 0 Å². The second-order valence-corrected chi connectivity index (χ2v) is 15.5. The largest absolute Gasteiger partial charge is 0.456 e. The molecule has 12 rings (SSSR count). The van der Waals surface area contributed by atoms with E-state index in [-0.39, 0.29) is 0 Å². The summed E-state index contributed by atoms with van der Waals surface area (Å²) in [6.07, 6.45) is 0. The van der Waals surface area contributed by atoms with Gasteiger partial charge in [-0.05, 0) is 44.2 Å². The van der Waals surface area contributed by atoms with E-state index in [0.717, 1.165) is 105 Å². The van der Waals surface area contributed by atoms with Gasteiger partial charge in [0, 0.05) is 71.1 Å². The van der Waals surface area contributed by atoms with Gasteiger partial charge in [0.2, 0.25) is 0 Å². The normalized spacial score (nSPS) is 11.8. The van der Waals surface area contributed by atoms with Crippen LogP contribution in [-0.2, 0) is 0 Å². The Morgan fingerprint density at radius 3 is 1.65 bits per heavy atom. The Hall–Kier alpha value is -7.96. The summed E-state index contributed by atoms with van der Waals surface area (Å²) in [6, 6.07) is 58.5. The number of hydrogen-bond donors (Lipinski definition) is 0. The predicted molar refractivity (Wildman–Crippen MR) is 244 cm³/mol. The number of furan rings is 2. The van der Waals surface area contributed by atoms with Crippen LogP contribution in [0.5, 0.6) is 0 Å². The Morgan fingerprint density at radius 2 is 0.933 bits per heavy atom. The summed E-state index contributed by atoms with van der Waals surface area (Å²) in [5.74, 6) is 1.82. The molecule has 0 aliphatic rings. The lowest BCUT2D eigenvalue weighted by Crippen LogP contribution is -2.00. The maximum absolute atomic E-state index is 6.75. The van der Waals surface area contributed by atoms with E-state index in [1.165, 1.54) is 11.1 Å². The fourth-order valence-corrected chi connectivity index (χ4v) is 8.72. The van der Waals surface area contributed by atoms with Crippen molar-refractivity contribution in [3.05, 3.63) is 181 Å². The minimum atomic E-state index is 0.583. The van der Waals surface area contributed by atoms with E-state index in [0.29, 0.717) is 17.5 Å². The van der Waals surface area contributed by atoms with Crippen molar-refractivity contribution in [3.63, 3.8) is 0 Å². The molecule has 0 atom stereocenters. The second-order valence-electron chi connectivity index (χ2n) is 15.5. The van der Waals surface area contributed by atoms with Gasteiger partial charge in [-0.15, -0.1) is 0 Å². The van der Waals surface area contributed by atoms with Crippen LogP contribution in [0.4, 0.5) is 0 Å². The number of rotatable bonds is 5. The van der Waals surface area contributed by atoms with E-state index in [4.69, 9.17) is 28.8 Å². The number of hydrogen-bond acceptors (Lipinski definition) is 6. The predicted octanol–water partition coefficient (Wildman–Crippen LogP) is 14.3. The van der Waals surface area contributed by atoms with Crippen molar-refractivity contribution in [2.75, 3.05) is 0 Å². The molecule has 0 aliphatic carbocycles. The van der Waals surface area contributed by atoms with Crippen LogP contribution < -0.4 is 0 Å². The topological polar surface area (TPSA) is 77.8 Å². The van der Waals surface area contributed by atoms with Crippen molar-refractivity contribution in [2.45, 2.75) is 13.8 Å². The molecular weight excluding hydrogens is 737 g/mol. The minimum Gasteiger partial charge on any atom is -0.456 e. The molecule has 0 saturated heterocycles. The lowest BCUT2D eigenvalue weighted by atomic mass is 9.88. The van der Waals surface area contributed by atoms with Gasteiger partial charge in [-0.3, -0.25) is 0 Å². The molecule has 60 heavy (non-hydrogen) atoms. The average Bonchev–Trinajstić information content (AvgIpc) is 3.87. The first-order chi connectivity index (χ1) is 29.5. The van der Waals surface area contributed by atoms with Gasteiger partial charge in [-0.2, -0.15) is 0 Å². The fourth-order valence-electron chi connectivity index (χ4n) is 8.72. The molecular formula is C54H34N4O2. The van der Waals surface area contributed by atoms with Crippen LogP contribution in [0, 0.1) is 13.8 Å². The summed E-state index contributed by atoms with van der Waals surface area (Å²) < 4.78 is 13.5. The van der Waals surface area contributed by atoms with Crippen molar-refractivity contribution in [3.8, 4) is 56.5 Å². The molecule has 0 fully saturated rings. The van der Waals surface area contributed by atoms with E-state index < -0.39 is 0 Å². The number of nitrogens with zero attached hydrogens (tertiary/aromatic N) is 4. The SMILES string of the molecule is Cc1ccc(-c2nc(-c3ccc(C)cc3)nc(-c3cccc(-c4nc5ccccc5c5c(-c6cccc7c6oc6ccccc67)c6c(cc45)oc4ccccc46)c3)n2)cc1. The van der Waals surface area contributed by atoms with Crippen molar-refractivity contribution in [1.29, 1.82) is 0 Å². The highest BCUT2D eigenvalue weighted by molar-refractivity contribution is 6.29. The van der Waals surface area contributed by atoms with Gasteiger partial charge in [-0.25, -0.2) is 19.9 Å². The molecule has 8 aromatic carbocycles. The molecule has 12 aromatic rings. The zero-order chi connectivity index (χ0) is 39.9. The van der Waals surface area contributed by atoms with Gasteiger partial charge in [0.15, 0.2) is 17.5 Å². The third-order valence-electron chi connectivity index (χ3n) is 11.7. The highest BCUT2D eigenvalue weighted by atomic mass is 16.3. The zero-order valence-corrected chi connectivity index (χ0v) is 32.8. The first-order valence-electron chi connectivity index (χ1n) is 20.1. The van der Waals surface area contributed by atoms with Crippen LogP contribution in [0.3, 0.4) is 0 Å². The van der Waals surface area contributed by atoms with E-state index in [9.17, 15) is 0 Å². The first-order valence-corrected chi connectivity index (χ1v) is 20.1. The minimum absolute atomic E-state index is 0.583. The highest BCUT2D eigenvalue weighted by Gasteiger charge is 2.24. The highest BCUT2D eigenvalue weighted by Crippen LogP contribution is 2.48. The summed E-state index contributed by atoms with van der Waals surface area (Å²) in [7, 11) is 0. The first kappa shape index (κ1) is 34.1. The monoisotopic (exact) mass is 770 g/mol. The molecule has 0 amide bonds. The van der Waals surface area contributed by atoms with Crippen molar-refractivity contribution < 1.29 is 8.83 Å². The summed E-state index contributed by atoms with van der Waals surface area (Å²) in [6.45, 7) is 4.16. The molecule has 0 unspecified atom stereocenters.